The maximum absolute atomic E-state index is 12.6. The topological polar surface area (TPSA) is 85.2 Å². The third kappa shape index (κ3) is 5.66. The Morgan fingerprint density at radius 1 is 1.12 bits per heavy atom. The number of pyridine rings is 2. The fourth-order valence-electron chi connectivity index (χ4n) is 3.95. The van der Waals surface area contributed by atoms with Crippen LogP contribution in [0.5, 0.6) is 5.75 Å². The molecule has 4 rings (SSSR count). The number of likely N-dealkylation sites (tertiary alicyclic amines) is 1. The van der Waals surface area contributed by atoms with Crippen LogP contribution in [0.15, 0.2) is 41.3 Å². The molecule has 176 valence electrons. The average molecular weight is 462 g/mol. The van der Waals surface area contributed by atoms with E-state index in [0.717, 1.165) is 49.6 Å². The van der Waals surface area contributed by atoms with Crippen molar-refractivity contribution >= 4 is 11.0 Å². The van der Waals surface area contributed by atoms with Gasteiger partial charge in [-0.3, -0.25) is 9.78 Å². The highest BCUT2D eigenvalue weighted by Gasteiger charge is 2.32. The smallest absolute Gasteiger partial charge is 0.435 e. The van der Waals surface area contributed by atoms with Crippen molar-refractivity contribution in [3.05, 3.63) is 58.3 Å². The summed E-state index contributed by atoms with van der Waals surface area (Å²) < 4.78 is 44.7. The molecule has 0 saturated carbocycles. The molecule has 3 aromatic heterocycles. The lowest BCUT2D eigenvalue weighted by Gasteiger charge is -2.32. The molecular formula is C22H25F3N6O2. The van der Waals surface area contributed by atoms with E-state index in [1.165, 1.54) is 12.1 Å². The highest BCUT2D eigenvalue weighted by molar-refractivity contribution is 5.75. The van der Waals surface area contributed by atoms with Gasteiger partial charge in [0.15, 0.2) is 5.69 Å². The van der Waals surface area contributed by atoms with Crippen molar-refractivity contribution in [3.8, 4) is 5.75 Å². The van der Waals surface area contributed by atoms with Crippen molar-refractivity contribution in [2.45, 2.75) is 38.1 Å². The van der Waals surface area contributed by atoms with Gasteiger partial charge in [0.05, 0.1) is 30.0 Å². The summed E-state index contributed by atoms with van der Waals surface area (Å²) >= 11 is 0. The van der Waals surface area contributed by atoms with Gasteiger partial charge in [0.1, 0.15) is 5.75 Å². The number of aromatic nitrogens is 4. The summed E-state index contributed by atoms with van der Waals surface area (Å²) in [5, 5.41) is 10.3. The normalized spacial score (nSPS) is 15.8. The predicted molar refractivity (Wildman–Crippen MR) is 116 cm³/mol. The van der Waals surface area contributed by atoms with Crippen molar-refractivity contribution in [1.29, 1.82) is 0 Å². The Kier molecular flexibility index (Phi) is 6.89. The van der Waals surface area contributed by atoms with Gasteiger partial charge < -0.3 is 19.5 Å². The number of hydrogen-bond donors (Lipinski definition) is 1. The molecule has 0 bridgehead atoms. The maximum Gasteiger partial charge on any atom is 0.435 e. The largest absolute Gasteiger partial charge is 0.495 e. The number of nitrogens with zero attached hydrogens (tertiary/aromatic N) is 5. The molecule has 1 saturated heterocycles. The van der Waals surface area contributed by atoms with Crippen LogP contribution < -0.4 is 15.6 Å². The van der Waals surface area contributed by atoms with Crippen LogP contribution in [0.1, 0.15) is 24.2 Å². The highest BCUT2D eigenvalue weighted by Crippen LogP contribution is 2.26. The van der Waals surface area contributed by atoms with E-state index in [1.54, 1.807) is 23.9 Å². The molecule has 33 heavy (non-hydrogen) atoms. The molecule has 1 N–H and O–H groups in total. The molecule has 1 fully saturated rings. The van der Waals surface area contributed by atoms with Gasteiger partial charge in [-0.2, -0.15) is 18.3 Å². The minimum absolute atomic E-state index is 0.0771. The minimum Gasteiger partial charge on any atom is -0.495 e. The molecule has 0 atom stereocenters. The van der Waals surface area contributed by atoms with E-state index >= 15 is 0 Å². The summed E-state index contributed by atoms with van der Waals surface area (Å²) in [5.74, 6) is 0.603. The second kappa shape index (κ2) is 9.84. The van der Waals surface area contributed by atoms with Crippen LogP contribution in [0.4, 0.5) is 13.2 Å². The molecule has 1 aliphatic rings. The van der Waals surface area contributed by atoms with E-state index in [2.05, 4.69) is 25.4 Å². The van der Waals surface area contributed by atoms with Gasteiger partial charge in [0, 0.05) is 37.8 Å². The number of alkyl halides is 3. The first-order valence-corrected chi connectivity index (χ1v) is 10.7. The second-order valence-corrected chi connectivity index (χ2v) is 8.01. The molecule has 8 nitrogen and oxygen atoms in total. The summed E-state index contributed by atoms with van der Waals surface area (Å²) in [5.41, 5.74) is 0.899. The lowest BCUT2D eigenvalue weighted by molar-refractivity contribution is -0.141. The first kappa shape index (κ1) is 23.1. The predicted octanol–water partition coefficient (Wildman–Crippen LogP) is 2.47. The zero-order valence-electron chi connectivity index (χ0n) is 18.2. The molecule has 0 radical (unpaired) electrons. The fraction of sp³-hybridized carbons (Fsp3) is 0.455. The van der Waals surface area contributed by atoms with E-state index in [-0.39, 0.29) is 11.6 Å². The standard InChI is InChI=1S/C22H25F3N6O2/c1-33-17-12-19-18(27-14-17)3-5-21(32)31(19)11-10-30-8-6-15(7-9-30)26-13-16-2-4-20(29-28-16)22(23,24)25/h2-5,12,14-15,26H,6-11,13H2,1H3. The van der Waals surface area contributed by atoms with Crippen LogP contribution >= 0.6 is 0 Å². The summed E-state index contributed by atoms with van der Waals surface area (Å²) in [6.07, 6.45) is -1.06. The molecule has 0 spiro atoms. The quantitative estimate of drug-likeness (QED) is 0.577. The molecule has 0 aromatic carbocycles. The Labute approximate surface area is 188 Å². The van der Waals surface area contributed by atoms with Crippen LogP contribution in [0.2, 0.25) is 0 Å². The fourth-order valence-corrected chi connectivity index (χ4v) is 3.95. The molecule has 0 unspecified atom stereocenters. The second-order valence-electron chi connectivity index (χ2n) is 8.01. The Morgan fingerprint density at radius 3 is 2.58 bits per heavy atom. The molecular weight excluding hydrogens is 437 g/mol. The average Bonchev–Trinajstić information content (AvgIpc) is 2.82. The molecule has 0 amide bonds. The Morgan fingerprint density at radius 2 is 1.91 bits per heavy atom. The van der Waals surface area contributed by atoms with Crippen molar-refractivity contribution in [2.24, 2.45) is 0 Å². The van der Waals surface area contributed by atoms with Gasteiger partial charge in [-0.1, -0.05) is 0 Å². The summed E-state index contributed by atoms with van der Waals surface area (Å²) in [4.78, 5) is 19.1. The third-order valence-electron chi connectivity index (χ3n) is 5.86. The Hall–Kier alpha value is -3.05. The van der Waals surface area contributed by atoms with Gasteiger partial charge in [-0.15, -0.1) is 5.10 Å². The van der Waals surface area contributed by atoms with Gasteiger partial charge in [-0.05, 0) is 44.1 Å². The van der Waals surface area contributed by atoms with E-state index in [4.69, 9.17) is 4.74 Å². The van der Waals surface area contributed by atoms with Gasteiger partial charge in [0.2, 0.25) is 0 Å². The van der Waals surface area contributed by atoms with Crippen LogP contribution in [0, 0.1) is 0 Å². The molecule has 11 heteroatoms. The van der Waals surface area contributed by atoms with Crippen molar-refractivity contribution in [2.75, 3.05) is 26.7 Å². The summed E-state index contributed by atoms with van der Waals surface area (Å²) in [6, 6.07) is 7.62. The first-order valence-electron chi connectivity index (χ1n) is 10.7. The Balaban J connectivity index is 1.28. The van der Waals surface area contributed by atoms with Gasteiger partial charge >= 0.3 is 6.18 Å². The van der Waals surface area contributed by atoms with Gasteiger partial charge in [0.25, 0.3) is 5.56 Å². The molecule has 4 heterocycles. The van der Waals surface area contributed by atoms with E-state index in [1.807, 2.05) is 6.07 Å². The van der Waals surface area contributed by atoms with E-state index < -0.39 is 11.9 Å². The lowest BCUT2D eigenvalue weighted by atomic mass is 10.0. The highest BCUT2D eigenvalue weighted by atomic mass is 19.4. The van der Waals surface area contributed by atoms with Crippen molar-refractivity contribution in [3.63, 3.8) is 0 Å². The number of fused-ring (bicyclic) bond motifs is 1. The van der Waals surface area contributed by atoms with Crippen molar-refractivity contribution < 1.29 is 17.9 Å². The summed E-state index contributed by atoms with van der Waals surface area (Å²) in [6.45, 7) is 3.36. The lowest BCUT2D eigenvalue weighted by Crippen LogP contribution is -2.43. The molecule has 3 aromatic rings. The number of halogens is 3. The number of piperidine rings is 1. The maximum atomic E-state index is 12.6. The number of nitrogens with one attached hydrogen (secondary N) is 1. The minimum atomic E-state index is -4.48. The number of ether oxygens (including phenoxy) is 1. The number of hydrogen-bond acceptors (Lipinski definition) is 7. The van der Waals surface area contributed by atoms with Crippen LogP contribution in [-0.4, -0.2) is 57.4 Å². The first-order chi connectivity index (χ1) is 15.8. The van der Waals surface area contributed by atoms with E-state index in [9.17, 15) is 18.0 Å². The van der Waals surface area contributed by atoms with Crippen LogP contribution in [0.25, 0.3) is 11.0 Å². The Bertz CT molecular complexity index is 1140. The number of rotatable bonds is 7. The van der Waals surface area contributed by atoms with Crippen molar-refractivity contribution in [1.82, 2.24) is 30.0 Å². The summed E-state index contributed by atoms with van der Waals surface area (Å²) in [7, 11) is 1.57. The van der Waals surface area contributed by atoms with Crippen LogP contribution in [-0.2, 0) is 19.3 Å². The zero-order chi connectivity index (χ0) is 23.4. The monoisotopic (exact) mass is 462 g/mol. The molecule has 0 aliphatic carbocycles. The molecule has 1 aliphatic heterocycles. The third-order valence-corrected chi connectivity index (χ3v) is 5.86. The number of methoxy groups -OCH3 is 1. The SMILES string of the molecule is COc1cnc2ccc(=O)n(CCN3CCC(NCc4ccc(C(F)(F)F)nn4)CC3)c2c1. The van der Waals surface area contributed by atoms with Gasteiger partial charge in [-0.25, -0.2) is 0 Å². The zero-order valence-corrected chi connectivity index (χ0v) is 18.2. The van der Waals surface area contributed by atoms with Crippen LogP contribution in [0.3, 0.4) is 0 Å². The van der Waals surface area contributed by atoms with E-state index in [0.29, 0.717) is 24.5 Å².